The first-order chi connectivity index (χ1) is 15.1. The van der Waals surface area contributed by atoms with E-state index in [1.54, 1.807) is 19.2 Å². The summed E-state index contributed by atoms with van der Waals surface area (Å²) in [6, 6.07) is 21.5. The first kappa shape index (κ1) is 20.8. The molecule has 1 N–H and O–H groups in total. The van der Waals surface area contributed by atoms with Gasteiger partial charge in [-0.3, -0.25) is 4.79 Å². The Labute approximate surface area is 183 Å². The molecular formula is C24H20FN3O2S. The quantitative estimate of drug-likeness (QED) is 0.422. The molecule has 1 aromatic heterocycles. The molecular weight excluding hydrogens is 413 g/mol. The zero-order valence-corrected chi connectivity index (χ0v) is 17.7. The second kappa shape index (κ2) is 9.57. The zero-order valence-electron chi connectivity index (χ0n) is 16.8. The summed E-state index contributed by atoms with van der Waals surface area (Å²) in [5, 5.41) is 14.1. The lowest BCUT2D eigenvalue weighted by Gasteiger charge is -2.10. The minimum atomic E-state index is -0.297. The number of amides is 1. The average Bonchev–Trinajstić information content (AvgIpc) is 2.82. The summed E-state index contributed by atoms with van der Waals surface area (Å²) in [4.78, 5) is 12.3. The van der Waals surface area contributed by atoms with Crippen molar-refractivity contribution in [1.82, 2.24) is 15.5 Å². The van der Waals surface area contributed by atoms with E-state index in [1.807, 2.05) is 48.5 Å². The van der Waals surface area contributed by atoms with Gasteiger partial charge in [-0.1, -0.05) is 48.2 Å². The van der Waals surface area contributed by atoms with Crippen LogP contribution in [0.25, 0.3) is 22.0 Å². The van der Waals surface area contributed by atoms with Crippen LogP contribution in [0.4, 0.5) is 4.39 Å². The molecule has 0 spiro atoms. The molecule has 0 aliphatic rings. The molecule has 0 aliphatic carbocycles. The van der Waals surface area contributed by atoms with Crippen LogP contribution in [0.5, 0.6) is 5.75 Å². The van der Waals surface area contributed by atoms with Crippen molar-refractivity contribution in [1.29, 1.82) is 0 Å². The number of halogens is 1. The lowest BCUT2D eigenvalue weighted by molar-refractivity contribution is -0.118. The van der Waals surface area contributed by atoms with Gasteiger partial charge in [0.15, 0.2) is 0 Å². The number of benzene rings is 3. The Bertz CT molecular complexity index is 1200. The maximum absolute atomic E-state index is 13.3. The van der Waals surface area contributed by atoms with E-state index < -0.39 is 0 Å². The van der Waals surface area contributed by atoms with Crippen molar-refractivity contribution in [3.63, 3.8) is 0 Å². The molecule has 0 radical (unpaired) electrons. The van der Waals surface area contributed by atoms with Crippen LogP contribution in [-0.4, -0.2) is 29.0 Å². The van der Waals surface area contributed by atoms with Crippen molar-refractivity contribution in [3.05, 3.63) is 84.2 Å². The monoisotopic (exact) mass is 433 g/mol. The maximum Gasteiger partial charge on any atom is 0.230 e. The Kier molecular flexibility index (Phi) is 6.43. The van der Waals surface area contributed by atoms with Gasteiger partial charge in [-0.05, 0) is 42.0 Å². The van der Waals surface area contributed by atoms with E-state index in [9.17, 15) is 9.18 Å². The smallest absolute Gasteiger partial charge is 0.230 e. The van der Waals surface area contributed by atoms with Gasteiger partial charge in [0.05, 0.1) is 12.9 Å². The van der Waals surface area contributed by atoms with Gasteiger partial charge in [0, 0.05) is 22.9 Å². The number of ether oxygens (including phenoxy) is 1. The Balaban J connectivity index is 1.45. The van der Waals surface area contributed by atoms with E-state index in [0.29, 0.717) is 17.3 Å². The Morgan fingerprint density at radius 2 is 1.68 bits per heavy atom. The molecule has 1 heterocycles. The maximum atomic E-state index is 13.3. The number of fused-ring (bicyclic) bond motifs is 1. The van der Waals surface area contributed by atoms with E-state index in [0.717, 1.165) is 27.6 Å². The molecule has 0 unspecified atom stereocenters. The fourth-order valence-corrected chi connectivity index (χ4v) is 3.94. The van der Waals surface area contributed by atoms with Gasteiger partial charge < -0.3 is 10.1 Å². The number of nitrogens with one attached hydrogen (secondary N) is 1. The third-order valence-corrected chi connectivity index (χ3v) is 5.74. The second-order valence-electron chi connectivity index (χ2n) is 6.82. The first-order valence-electron chi connectivity index (χ1n) is 9.68. The first-order valence-corrected chi connectivity index (χ1v) is 10.7. The molecule has 0 aliphatic heterocycles. The molecule has 0 atom stereocenters. The summed E-state index contributed by atoms with van der Waals surface area (Å²) in [5.74, 6) is 0.619. The van der Waals surface area contributed by atoms with Crippen LogP contribution in [0.2, 0.25) is 0 Å². The fraction of sp³-hybridized carbons (Fsp3) is 0.125. The van der Waals surface area contributed by atoms with Crippen LogP contribution in [0.3, 0.4) is 0 Å². The van der Waals surface area contributed by atoms with Crippen LogP contribution >= 0.6 is 11.8 Å². The van der Waals surface area contributed by atoms with Gasteiger partial charge in [-0.15, -0.1) is 10.2 Å². The number of hydrogen-bond acceptors (Lipinski definition) is 5. The van der Waals surface area contributed by atoms with Crippen molar-refractivity contribution in [2.75, 3.05) is 12.9 Å². The molecule has 7 heteroatoms. The molecule has 156 valence electrons. The lowest BCUT2D eigenvalue weighted by atomic mass is 10.1. The number of rotatable bonds is 7. The third kappa shape index (κ3) is 5.00. The van der Waals surface area contributed by atoms with Gasteiger partial charge in [0.25, 0.3) is 0 Å². The van der Waals surface area contributed by atoms with Crippen molar-refractivity contribution >= 4 is 28.4 Å². The largest absolute Gasteiger partial charge is 0.497 e. The number of nitrogens with zero attached hydrogens (tertiary/aromatic N) is 2. The van der Waals surface area contributed by atoms with E-state index >= 15 is 0 Å². The number of hydrogen-bond donors (Lipinski definition) is 1. The van der Waals surface area contributed by atoms with Crippen LogP contribution in [0, 0.1) is 5.82 Å². The van der Waals surface area contributed by atoms with Crippen molar-refractivity contribution in [3.8, 4) is 17.0 Å². The molecule has 31 heavy (non-hydrogen) atoms. The van der Waals surface area contributed by atoms with Crippen molar-refractivity contribution in [2.24, 2.45) is 0 Å². The normalized spacial score (nSPS) is 10.8. The summed E-state index contributed by atoms with van der Waals surface area (Å²) in [6.45, 7) is 0.444. The molecule has 4 aromatic rings. The second-order valence-corrected chi connectivity index (χ2v) is 7.78. The predicted octanol–water partition coefficient (Wildman–Crippen LogP) is 4.85. The average molecular weight is 434 g/mol. The van der Waals surface area contributed by atoms with E-state index in [1.165, 1.54) is 23.9 Å². The third-order valence-electron chi connectivity index (χ3n) is 4.76. The molecule has 1 amide bonds. The van der Waals surface area contributed by atoms with Crippen molar-refractivity contribution in [2.45, 2.75) is 11.6 Å². The van der Waals surface area contributed by atoms with Gasteiger partial charge >= 0.3 is 0 Å². The summed E-state index contributed by atoms with van der Waals surface area (Å²) in [7, 11) is 1.62. The SMILES string of the molecule is COc1ccc(CNC(=O)CSc2nnc(-c3ccc(F)cc3)c3ccccc23)cc1. The molecule has 0 saturated heterocycles. The number of carbonyl (C=O) groups excluding carboxylic acids is 1. The standard InChI is InChI=1S/C24H20FN3O2S/c1-30-19-12-6-16(7-13-19)14-26-22(29)15-31-24-21-5-3-2-4-20(21)23(27-28-24)17-8-10-18(25)11-9-17/h2-13H,14-15H2,1H3,(H,26,29). The van der Waals surface area contributed by atoms with Crippen LogP contribution in [0.1, 0.15) is 5.56 Å². The van der Waals surface area contributed by atoms with Crippen LogP contribution in [-0.2, 0) is 11.3 Å². The Hall–Kier alpha value is -3.45. The molecule has 3 aromatic carbocycles. The highest BCUT2D eigenvalue weighted by Gasteiger charge is 2.13. The van der Waals surface area contributed by atoms with E-state index in [-0.39, 0.29) is 17.5 Å². The summed E-state index contributed by atoms with van der Waals surface area (Å²) >= 11 is 1.34. The molecule has 0 bridgehead atoms. The van der Waals surface area contributed by atoms with Gasteiger partial charge in [0.1, 0.15) is 22.3 Å². The molecule has 0 fully saturated rings. The fourth-order valence-electron chi connectivity index (χ4n) is 3.14. The number of thioether (sulfide) groups is 1. The minimum Gasteiger partial charge on any atom is -0.497 e. The highest BCUT2D eigenvalue weighted by atomic mass is 32.2. The van der Waals surface area contributed by atoms with E-state index in [4.69, 9.17) is 4.74 Å². The van der Waals surface area contributed by atoms with E-state index in [2.05, 4.69) is 15.5 Å². The van der Waals surface area contributed by atoms with Gasteiger partial charge in [0.2, 0.25) is 5.91 Å². The highest BCUT2D eigenvalue weighted by molar-refractivity contribution is 8.00. The molecule has 4 rings (SSSR count). The van der Waals surface area contributed by atoms with Gasteiger partial charge in [-0.25, -0.2) is 4.39 Å². The summed E-state index contributed by atoms with van der Waals surface area (Å²) < 4.78 is 18.4. The number of carbonyl (C=O) groups is 1. The Morgan fingerprint density at radius 3 is 2.39 bits per heavy atom. The minimum absolute atomic E-state index is 0.0886. The molecule has 0 saturated carbocycles. The number of methoxy groups -OCH3 is 1. The van der Waals surface area contributed by atoms with Gasteiger partial charge in [-0.2, -0.15) is 0 Å². The zero-order chi connectivity index (χ0) is 21.6. The van der Waals surface area contributed by atoms with Crippen LogP contribution < -0.4 is 10.1 Å². The van der Waals surface area contributed by atoms with Crippen LogP contribution in [0.15, 0.2) is 77.8 Å². The highest BCUT2D eigenvalue weighted by Crippen LogP contribution is 2.31. The lowest BCUT2D eigenvalue weighted by Crippen LogP contribution is -2.24. The topological polar surface area (TPSA) is 64.1 Å². The summed E-state index contributed by atoms with van der Waals surface area (Å²) in [6.07, 6.45) is 0. The Morgan fingerprint density at radius 1 is 0.968 bits per heavy atom. The van der Waals surface area contributed by atoms with Crippen molar-refractivity contribution < 1.29 is 13.9 Å². The molecule has 5 nitrogen and oxygen atoms in total. The predicted molar refractivity (Wildman–Crippen MR) is 120 cm³/mol. The number of aromatic nitrogens is 2. The summed E-state index contributed by atoms with van der Waals surface area (Å²) in [5.41, 5.74) is 2.47.